The summed E-state index contributed by atoms with van der Waals surface area (Å²) >= 11 is 6.37. The third-order valence-electron chi connectivity index (χ3n) is 6.56. The van der Waals surface area contributed by atoms with E-state index in [9.17, 15) is 0 Å². The van der Waals surface area contributed by atoms with Gasteiger partial charge in [-0.25, -0.2) is 0 Å². The van der Waals surface area contributed by atoms with E-state index in [0.717, 1.165) is 21.9 Å². The number of rotatable bonds is 2. The first-order chi connectivity index (χ1) is 16.3. The van der Waals surface area contributed by atoms with Gasteiger partial charge in [-0.1, -0.05) is 72.3 Å². The molecule has 0 aliphatic heterocycles. The number of para-hydroxylation sites is 3. The van der Waals surface area contributed by atoms with Gasteiger partial charge in [0, 0.05) is 37.9 Å². The summed E-state index contributed by atoms with van der Waals surface area (Å²) in [5.74, 6) is 0. The van der Waals surface area contributed by atoms with Gasteiger partial charge in [0.1, 0.15) is 0 Å². The smallest absolute Gasteiger partial charge is 0.0561 e. The molecule has 0 fully saturated rings. The van der Waals surface area contributed by atoms with Crippen molar-refractivity contribution in [1.82, 2.24) is 9.13 Å². The zero-order chi connectivity index (χ0) is 21.9. The highest BCUT2D eigenvalue weighted by atomic mass is 35.5. The van der Waals surface area contributed by atoms with Crippen LogP contribution in [-0.4, -0.2) is 9.13 Å². The maximum atomic E-state index is 6.37. The number of benzene rings is 5. The fourth-order valence-corrected chi connectivity index (χ4v) is 5.35. The van der Waals surface area contributed by atoms with Crippen molar-refractivity contribution < 1.29 is 0 Å². The largest absolute Gasteiger partial charge is 0.309 e. The Bertz CT molecular complexity index is 1820. The van der Waals surface area contributed by atoms with E-state index >= 15 is 0 Å². The summed E-state index contributed by atoms with van der Waals surface area (Å²) in [5.41, 5.74) is 7.04. The lowest BCUT2D eigenvalue weighted by Gasteiger charge is -2.11. The highest BCUT2D eigenvalue weighted by Crippen LogP contribution is 2.37. The van der Waals surface area contributed by atoms with Crippen molar-refractivity contribution in [2.75, 3.05) is 0 Å². The number of hydrogen-bond acceptors (Lipinski definition) is 0. The van der Waals surface area contributed by atoms with Gasteiger partial charge in [-0.05, 0) is 54.6 Å². The first kappa shape index (κ1) is 18.6. The lowest BCUT2D eigenvalue weighted by Crippen LogP contribution is -1.96. The van der Waals surface area contributed by atoms with Crippen molar-refractivity contribution >= 4 is 55.2 Å². The Balaban J connectivity index is 1.61. The predicted molar refractivity (Wildman–Crippen MR) is 140 cm³/mol. The average Bonchev–Trinajstić information content (AvgIpc) is 3.37. The lowest BCUT2D eigenvalue weighted by molar-refractivity contribution is 1.15. The van der Waals surface area contributed by atoms with Crippen molar-refractivity contribution in [3.8, 4) is 11.4 Å². The number of aromatic nitrogens is 2. The van der Waals surface area contributed by atoms with Gasteiger partial charge in [0.05, 0.1) is 22.1 Å². The monoisotopic (exact) mass is 442 g/mol. The minimum Gasteiger partial charge on any atom is -0.309 e. The molecule has 3 heteroatoms. The fraction of sp³-hybridized carbons (Fsp3) is 0. The van der Waals surface area contributed by atoms with E-state index in [1.165, 1.54) is 38.1 Å². The van der Waals surface area contributed by atoms with Crippen LogP contribution in [0.2, 0.25) is 5.02 Å². The van der Waals surface area contributed by atoms with Crippen LogP contribution in [0, 0.1) is 0 Å². The van der Waals surface area contributed by atoms with E-state index in [4.69, 9.17) is 11.6 Å². The fourth-order valence-electron chi connectivity index (χ4n) is 5.18. The lowest BCUT2D eigenvalue weighted by atomic mass is 10.1. The van der Waals surface area contributed by atoms with Gasteiger partial charge in [0.15, 0.2) is 0 Å². The van der Waals surface area contributed by atoms with Crippen molar-refractivity contribution in [3.05, 3.63) is 120 Å². The van der Waals surface area contributed by atoms with Crippen LogP contribution in [0.3, 0.4) is 0 Å². The van der Waals surface area contributed by atoms with Crippen LogP contribution in [0.4, 0.5) is 0 Å². The molecule has 0 radical (unpaired) electrons. The van der Waals surface area contributed by atoms with Gasteiger partial charge in [-0.2, -0.15) is 0 Å². The minimum absolute atomic E-state index is 0.755. The van der Waals surface area contributed by atoms with Gasteiger partial charge >= 0.3 is 0 Å². The Hall–Kier alpha value is -4.01. The van der Waals surface area contributed by atoms with Crippen molar-refractivity contribution in [3.63, 3.8) is 0 Å². The molecule has 7 rings (SSSR count). The summed E-state index contributed by atoms with van der Waals surface area (Å²) in [5, 5.41) is 5.64. The SMILES string of the molecule is Clc1ccc2c(c1)c1ccccc1n2-c1ccc2c3ccccc3n(-c3ccccc3)c2c1. The summed E-state index contributed by atoms with van der Waals surface area (Å²) in [4.78, 5) is 0. The molecule has 33 heavy (non-hydrogen) atoms. The van der Waals surface area contributed by atoms with Crippen LogP contribution in [0.15, 0.2) is 115 Å². The Morgan fingerprint density at radius 1 is 0.394 bits per heavy atom. The Labute approximate surface area is 195 Å². The second kappa shape index (κ2) is 6.99. The minimum atomic E-state index is 0.755. The van der Waals surface area contributed by atoms with Crippen LogP contribution in [0.25, 0.3) is 55.0 Å². The maximum absolute atomic E-state index is 6.37. The van der Waals surface area contributed by atoms with Crippen molar-refractivity contribution in [1.29, 1.82) is 0 Å². The molecule has 0 aliphatic carbocycles. The first-order valence-electron chi connectivity index (χ1n) is 11.1. The van der Waals surface area contributed by atoms with Crippen molar-refractivity contribution in [2.45, 2.75) is 0 Å². The quantitative estimate of drug-likeness (QED) is 0.254. The highest BCUT2D eigenvalue weighted by molar-refractivity contribution is 6.32. The van der Waals surface area contributed by atoms with Crippen LogP contribution < -0.4 is 0 Å². The predicted octanol–water partition coefficient (Wildman–Crippen LogP) is 8.53. The zero-order valence-electron chi connectivity index (χ0n) is 17.7. The molecule has 0 amide bonds. The molecule has 2 aromatic heterocycles. The molecule has 0 saturated heterocycles. The Kier molecular flexibility index (Phi) is 3.93. The van der Waals surface area contributed by atoms with Gasteiger partial charge in [-0.15, -0.1) is 0 Å². The Morgan fingerprint density at radius 3 is 1.73 bits per heavy atom. The molecule has 0 aliphatic rings. The summed E-state index contributed by atoms with van der Waals surface area (Å²) in [6.07, 6.45) is 0. The molecule has 0 spiro atoms. The first-order valence-corrected chi connectivity index (χ1v) is 11.5. The van der Waals surface area contributed by atoms with E-state index in [1.807, 2.05) is 6.07 Å². The van der Waals surface area contributed by atoms with Gasteiger partial charge in [-0.3, -0.25) is 0 Å². The van der Waals surface area contributed by atoms with E-state index < -0.39 is 0 Å². The molecule has 156 valence electrons. The molecule has 2 heterocycles. The molecular formula is C30H19ClN2. The van der Waals surface area contributed by atoms with Crippen LogP contribution in [-0.2, 0) is 0 Å². The van der Waals surface area contributed by atoms with E-state index in [2.05, 4.69) is 118 Å². The number of fused-ring (bicyclic) bond motifs is 6. The summed E-state index contributed by atoms with van der Waals surface area (Å²) in [7, 11) is 0. The van der Waals surface area contributed by atoms with Crippen LogP contribution in [0.5, 0.6) is 0 Å². The third-order valence-corrected chi connectivity index (χ3v) is 6.80. The molecular weight excluding hydrogens is 424 g/mol. The van der Waals surface area contributed by atoms with E-state index in [1.54, 1.807) is 0 Å². The van der Waals surface area contributed by atoms with E-state index in [-0.39, 0.29) is 0 Å². The average molecular weight is 443 g/mol. The highest BCUT2D eigenvalue weighted by Gasteiger charge is 2.16. The van der Waals surface area contributed by atoms with Gasteiger partial charge in [0.2, 0.25) is 0 Å². The van der Waals surface area contributed by atoms with Gasteiger partial charge in [0.25, 0.3) is 0 Å². The van der Waals surface area contributed by atoms with Crippen LogP contribution >= 0.6 is 11.6 Å². The second-order valence-corrected chi connectivity index (χ2v) is 8.84. The van der Waals surface area contributed by atoms with Crippen LogP contribution in [0.1, 0.15) is 0 Å². The second-order valence-electron chi connectivity index (χ2n) is 8.40. The zero-order valence-corrected chi connectivity index (χ0v) is 18.5. The van der Waals surface area contributed by atoms with Gasteiger partial charge < -0.3 is 9.13 Å². The topological polar surface area (TPSA) is 9.86 Å². The molecule has 0 unspecified atom stereocenters. The van der Waals surface area contributed by atoms with E-state index in [0.29, 0.717) is 0 Å². The summed E-state index contributed by atoms with van der Waals surface area (Å²) in [6.45, 7) is 0. The number of halogens is 1. The summed E-state index contributed by atoms with van der Waals surface area (Å²) < 4.78 is 4.70. The van der Waals surface area contributed by atoms with Crippen molar-refractivity contribution in [2.24, 2.45) is 0 Å². The third kappa shape index (κ3) is 2.68. The molecule has 0 atom stereocenters. The molecule has 7 aromatic rings. The molecule has 0 saturated carbocycles. The molecule has 0 N–H and O–H groups in total. The standard InChI is InChI=1S/C30H19ClN2/c31-20-14-17-29-26(18-20)24-11-5-7-13-28(24)33(29)22-15-16-25-23-10-4-6-12-27(23)32(30(25)19-22)21-8-2-1-3-9-21/h1-19H. The molecule has 5 aromatic carbocycles. The number of nitrogens with zero attached hydrogens (tertiary/aromatic N) is 2. The normalized spacial score (nSPS) is 11.8. The number of hydrogen-bond donors (Lipinski definition) is 0. The maximum Gasteiger partial charge on any atom is 0.0561 e. The molecule has 0 bridgehead atoms. The summed E-state index contributed by atoms with van der Waals surface area (Å²) in [6, 6.07) is 40.7. The molecule has 2 nitrogen and oxygen atoms in total. The Morgan fingerprint density at radius 2 is 0.970 bits per heavy atom.